The van der Waals surface area contributed by atoms with Crippen LogP contribution in [0.1, 0.15) is 18.4 Å². The van der Waals surface area contributed by atoms with Gasteiger partial charge in [-0.1, -0.05) is 12.1 Å². The van der Waals surface area contributed by atoms with Crippen LogP contribution in [0.4, 0.5) is 5.69 Å². The third-order valence-electron chi connectivity index (χ3n) is 2.96. The Labute approximate surface area is 110 Å². The van der Waals surface area contributed by atoms with Crippen LogP contribution in [0.25, 0.3) is 0 Å². The molecular weight excluding hydrogens is 243 g/mol. The topological polar surface area (TPSA) is 38.0 Å². The van der Waals surface area contributed by atoms with Gasteiger partial charge in [0.05, 0.1) is 0 Å². The van der Waals surface area contributed by atoms with Crippen LogP contribution in [0, 0.1) is 5.92 Å². The van der Waals surface area contributed by atoms with Gasteiger partial charge in [0.15, 0.2) is 0 Å². The number of rotatable bonds is 2. The van der Waals surface area contributed by atoms with E-state index in [4.69, 9.17) is 5.73 Å². The van der Waals surface area contributed by atoms with Gasteiger partial charge in [0, 0.05) is 5.69 Å². The molecule has 0 bridgehead atoms. The van der Waals surface area contributed by atoms with Gasteiger partial charge in [0.25, 0.3) is 0 Å². The molecule has 1 aromatic rings. The summed E-state index contributed by atoms with van der Waals surface area (Å²) in [6.07, 6.45) is 3.83. The molecule has 0 amide bonds. The van der Waals surface area contributed by atoms with E-state index in [1.54, 1.807) is 0 Å². The lowest BCUT2D eigenvalue weighted by Gasteiger charge is -2.22. The summed E-state index contributed by atoms with van der Waals surface area (Å²) in [7, 11) is 0. The Morgan fingerprint density at radius 1 is 1.06 bits per heavy atom. The molecule has 1 aliphatic rings. The van der Waals surface area contributed by atoms with Gasteiger partial charge in [0.2, 0.25) is 0 Å². The first-order valence-corrected chi connectivity index (χ1v) is 5.40. The fourth-order valence-corrected chi connectivity index (χ4v) is 2.07. The summed E-state index contributed by atoms with van der Waals surface area (Å²) in [5, 5.41) is 3.39. The highest BCUT2D eigenvalue weighted by atomic mass is 35.5. The van der Waals surface area contributed by atoms with E-state index in [1.807, 2.05) is 12.1 Å². The fraction of sp³-hybridized carbons (Fsp3) is 0.500. The Morgan fingerprint density at radius 2 is 1.62 bits per heavy atom. The Bertz CT molecular complexity index is 282. The van der Waals surface area contributed by atoms with E-state index in [0.717, 1.165) is 11.6 Å². The van der Waals surface area contributed by atoms with Gasteiger partial charge in [-0.25, -0.2) is 0 Å². The Balaban J connectivity index is 0.00000112. The summed E-state index contributed by atoms with van der Waals surface area (Å²) < 4.78 is 0. The number of nitrogen functional groups attached to an aromatic ring is 1. The third-order valence-corrected chi connectivity index (χ3v) is 2.96. The van der Waals surface area contributed by atoms with Crippen molar-refractivity contribution in [2.24, 2.45) is 5.92 Å². The van der Waals surface area contributed by atoms with Crippen LogP contribution >= 0.6 is 24.8 Å². The van der Waals surface area contributed by atoms with Crippen LogP contribution < -0.4 is 11.1 Å². The highest BCUT2D eigenvalue weighted by Crippen LogP contribution is 2.18. The van der Waals surface area contributed by atoms with E-state index < -0.39 is 0 Å². The van der Waals surface area contributed by atoms with E-state index >= 15 is 0 Å². The number of nitrogens with two attached hydrogens (primary N) is 1. The number of hydrogen-bond acceptors (Lipinski definition) is 2. The summed E-state index contributed by atoms with van der Waals surface area (Å²) in [6, 6.07) is 8.29. The van der Waals surface area contributed by atoms with Gasteiger partial charge < -0.3 is 11.1 Å². The highest BCUT2D eigenvalue weighted by Gasteiger charge is 2.12. The second-order valence-corrected chi connectivity index (χ2v) is 4.14. The SMILES string of the molecule is Cl.Cl.Nc1ccc(CC2CCNCC2)cc1. The number of piperidine rings is 1. The third kappa shape index (κ3) is 4.60. The van der Waals surface area contributed by atoms with Crippen LogP contribution in [-0.4, -0.2) is 13.1 Å². The average molecular weight is 263 g/mol. The molecular formula is C12H20Cl2N2. The zero-order chi connectivity index (χ0) is 9.80. The molecule has 0 spiro atoms. The van der Waals surface area contributed by atoms with Crippen molar-refractivity contribution in [3.8, 4) is 0 Å². The van der Waals surface area contributed by atoms with E-state index in [2.05, 4.69) is 17.4 Å². The van der Waals surface area contributed by atoms with Crippen molar-refractivity contribution in [2.75, 3.05) is 18.8 Å². The van der Waals surface area contributed by atoms with Crippen LogP contribution in [0.5, 0.6) is 0 Å². The molecule has 0 atom stereocenters. The van der Waals surface area contributed by atoms with Crippen molar-refractivity contribution in [3.63, 3.8) is 0 Å². The van der Waals surface area contributed by atoms with E-state index in [1.165, 1.54) is 37.9 Å². The van der Waals surface area contributed by atoms with E-state index in [9.17, 15) is 0 Å². The van der Waals surface area contributed by atoms with Crippen molar-refractivity contribution in [1.29, 1.82) is 0 Å². The molecule has 0 unspecified atom stereocenters. The molecule has 4 heteroatoms. The minimum Gasteiger partial charge on any atom is -0.399 e. The molecule has 1 heterocycles. The van der Waals surface area contributed by atoms with Crippen LogP contribution in [0.2, 0.25) is 0 Å². The number of halogens is 2. The maximum Gasteiger partial charge on any atom is 0.0314 e. The zero-order valence-electron chi connectivity index (χ0n) is 9.32. The fourth-order valence-electron chi connectivity index (χ4n) is 2.07. The van der Waals surface area contributed by atoms with Crippen molar-refractivity contribution >= 4 is 30.5 Å². The van der Waals surface area contributed by atoms with Gasteiger partial charge in [-0.15, -0.1) is 24.8 Å². The Kier molecular flexibility index (Phi) is 7.56. The van der Waals surface area contributed by atoms with Gasteiger partial charge in [0.1, 0.15) is 0 Å². The monoisotopic (exact) mass is 262 g/mol. The van der Waals surface area contributed by atoms with Crippen molar-refractivity contribution < 1.29 is 0 Å². The molecule has 2 rings (SSSR count). The van der Waals surface area contributed by atoms with Crippen molar-refractivity contribution in [3.05, 3.63) is 29.8 Å². The molecule has 2 nitrogen and oxygen atoms in total. The quantitative estimate of drug-likeness (QED) is 0.805. The maximum absolute atomic E-state index is 5.65. The largest absolute Gasteiger partial charge is 0.399 e. The summed E-state index contributed by atoms with van der Waals surface area (Å²) in [4.78, 5) is 0. The average Bonchev–Trinajstić information content (AvgIpc) is 2.23. The van der Waals surface area contributed by atoms with Crippen LogP contribution in [0.3, 0.4) is 0 Å². The lowest BCUT2D eigenvalue weighted by atomic mass is 9.91. The maximum atomic E-state index is 5.65. The standard InChI is InChI=1S/C12H18N2.2ClH/c13-12-3-1-10(2-4-12)9-11-5-7-14-8-6-11;;/h1-4,11,14H,5-9,13H2;2*1H. The molecule has 3 N–H and O–H groups in total. The number of anilines is 1. The number of nitrogens with one attached hydrogen (secondary N) is 1. The van der Waals surface area contributed by atoms with Gasteiger partial charge in [-0.3, -0.25) is 0 Å². The molecule has 1 aromatic carbocycles. The van der Waals surface area contributed by atoms with Gasteiger partial charge in [-0.2, -0.15) is 0 Å². The summed E-state index contributed by atoms with van der Waals surface area (Å²) in [5.74, 6) is 0.861. The number of hydrogen-bond donors (Lipinski definition) is 2. The van der Waals surface area contributed by atoms with Crippen LogP contribution in [0.15, 0.2) is 24.3 Å². The Morgan fingerprint density at radius 3 is 2.19 bits per heavy atom. The first-order chi connectivity index (χ1) is 6.84. The predicted molar refractivity (Wildman–Crippen MR) is 74.6 cm³/mol. The lowest BCUT2D eigenvalue weighted by molar-refractivity contribution is 0.372. The molecule has 1 fully saturated rings. The lowest BCUT2D eigenvalue weighted by Crippen LogP contribution is -2.28. The normalized spacial score (nSPS) is 16.0. The predicted octanol–water partition coefficient (Wildman–Crippen LogP) is 2.65. The number of benzene rings is 1. The second-order valence-electron chi connectivity index (χ2n) is 4.14. The molecule has 0 saturated carbocycles. The van der Waals surface area contributed by atoms with Crippen LogP contribution in [-0.2, 0) is 6.42 Å². The molecule has 0 radical (unpaired) electrons. The minimum absolute atomic E-state index is 0. The first-order valence-electron chi connectivity index (χ1n) is 5.40. The van der Waals surface area contributed by atoms with Crippen molar-refractivity contribution in [1.82, 2.24) is 5.32 Å². The molecule has 1 saturated heterocycles. The smallest absolute Gasteiger partial charge is 0.0314 e. The molecule has 1 aliphatic heterocycles. The van der Waals surface area contributed by atoms with E-state index in [-0.39, 0.29) is 24.8 Å². The molecule has 92 valence electrons. The summed E-state index contributed by atoms with van der Waals surface area (Å²) >= 11 is 0. The Hall–Kier alpha value is -0.440. The van der Waals surface area contributed by atoms with Crippen molar-refractivity contribution in [2.45, 2.75) is 19.3 Å². The van der Waals surface area contributed by atoms with Gasteiger partial charge >= 0.3 is 0 Å². The highest BCUT2D eigenvalue weighted by molar-refractivity contribution is 5.85. The summed E-state index contributed by atoms with van der Waals surface area (Å²) in [6.45, 7) is 2.36. The molecule has 0 aliphatic carbocycles. The zero-order valence-corrected chi connectivity index (χ0v) is 10.9. The first kappa shape index (κ1) is 15.6. The second kappa shape index (κ2) is 7.77. The van der Waals surface area contributed by atoms with E-state index in [0.29, 0.717) is 0 Å². The summed E-state index contributed by atoms with van der Waals surface area (Å²) in [5.41, 5.74) is 7.93. The van der Waals surface area contributed by atoms with Gasteiger partial charge in [-0.05, 0) is 56.0 Å². The molecule has 0 aromatic heterocycles. The molecule has 16 heavy (non-hydrogen) atoms. The minimum atomic E-state index is 0.